The van der Waals surface area contributed by atoms with Crippen LogP contribution in [0.3, 0.4) is 0 Å². The van der Waals surface area contributed by atoms with Gasteiger partial charge in [0.2, 0.25) is 0 Å². The Balaban J connectivity index is 4.25. The van der Waals surface area contributed by atoms with Crippen molar-refractivity contribution in [1.82, 2.24) is 0 Å². The lowest BCUT2D eigenvalue weighted by Gasteiger charge is -2.08. The highest BCUT2D eigenvalue weighted by Gasteiger charge is 2.00. The Morgan fingerprint density at radius 3 is 2.36 bits per heavy atom. The van der Waals surface area contributed by atoms with Crippen LogP contribution in [-0.2, 0) is 0 Å². The van der Waals surface area contributed by atoms with E-state index in [-0.39, 0.29) is 11.8 Å². The number of hydrogen-bond acceptors (Lipinski definition) is 3. The average molecular weight is 196 g/mol. The molecule has 1 unspecified atom stereocenters. The van der Waals surface area contributed by atoms with Crippen LogP contribution in [0.25, 0.3) is 0 Å². The zero-order chi connectivity index (χ0) is 11.0. The first-order valence-electron chi connectivity index (χ1n) is 4.78. The zero-order valence-corrected chi connectivity index (χ0v) is 8.90. The molecule has 0 aromatic carbocycles. The van der Waals surface area contributed by atoms with Crippen molar-refractivity contribution < 1.29 is 5.11 Å². The molecule has 3 nitrogen and oxygen atoms in total. The Morgan fingerprint density at radius 2 is 1.93 bits per heavy atom. The second-order valence-corrected chi connectivity index (χ2v) is 3.11. The summed E-state index contributed by atoms with van der Waals surface area (Å²) in [5.41, 5.74) is 12.2. The Morgan fingerprint density at radius 1 is 1.29 bits per heavy atom. The number of aliphatic hydroxyl groups excluding tert-OH is 1. The molecule has 0 aromatic rings. The first-order chi connectivity index (χ1) is 6.63. The minimum absolute atomic E-state index is 0.0152. The van der Waals surface area contributed by atoms with E-state index in [1.54, 1.807) is 19.1 Å². The van der Waals surface area contributed by atoms with Gasteiger partial charge in [0.1, 0.15) is 5.76 Å². The summed E-state index contributed by atoms with van der Waals surface area (Å²) >= 11 is 0. The summed E-state index contributed by atoms with van der Waals surface area (Å²) < 4.78 is 0. The molecule has 0 fully saturated rings. The molecular formula is C11H20N2O. The standard InChI is InChI=1S/C11H20N2O/c1-3-9(7-10(13)8-12)5-6-11(14)4-2/h3-6,10,14H,7-8,12-13H2,1-2H3/b6-5-,9-3+,11-4+. The van der Waals surface area contributed by atoms with Crippen LogP contribution in [-0.4, -0.2) is 17.7 Å². The molecule has 0 heterocycles. The summed E-state index contributed by atoms with van der Waals surface area (Å²) in [5, 5.41) is 9.18. The molecule has 0 rings (SSSR count). The average Bonchev–Trinajstić information content (AvgIpc) is 2.22. The van der Waals surface area contributed by atoms with Crippen molar-refractivity contribution in [2.75, 3.05) is 6.54 Å². The van der Waals surface area contributed by atoms with Crippen LogP contribution < -0.4 is 11.5 Å². The predicted octanol–water partition coefficient (Wildman–Crippen LogP) is 1.63. The predicted molar refractivity (Wildman–Crippen MR) is 60.9 cm³/mol. The normalized spacial score (nSPS) is 16.3. The number of rotatable bonds is 5. The first-order valence-corrected chi connectivity index (χ1v) is 4.78. The van der Waals surface area contributed by atoms with E-state index in [0.29, 0.717) is 6.54 Å². The van der Waals surface area contributed by atoms with Gasteiger partial charge in [-0.05, 0) is 32.4 Å². The van der Waals surface area contributed by atoms with E-state index >= 15 is 0 Å². The van der Waals surface area contributed by atoms with Gasteiger partial charge in [0.25, 0.3) is 0 Å². The molecule has 0 aliphatic heterocycles. The fraction of sp³-hybridized carbons (Fsp3) is 0.455. The summed E-state index contributed by atoms with van der Waals surface area (Å²) in [6, 6.07) is -0.0152. The highest BCUT2D eigenvalue weighted by molar-refractivity contribution is 5.24. The molecule has 0 aliphatic rings. The van der Waals surface area contributed by atoms with E-state index in [9.17, 15) is 5.11 Å². The number of hydrogen-bond donors (Lipinski definition) is 3. The minimum atomic E-state index is -0.0152. The molecule has 0 aliphatic carbocycles. The molecule has 3 heteroatoms. The van der Waals surface area contributed by atoms with E-state index in [1.807, 2.05) is 19.1 Å². The second kappa shape index (κ2) is 7.35. The molecule has 0 spiro atoms. The fourth-order valence-corrected chi connectivity index (χ4v) is 0.957. The van der Waals surface area contributed by atoms with E-state index < -0.39 is 0 Å². The smallest absolute Gasteiger partial charge is 0.111 e. The SMILES string of the molecule is C\C=C(/C=C\C(O)=C/C)CC(N)CN. The van der Waals surface area contributed by atoms with E-state index in [1.165, 1.54) is 0 Å². The van der Waals surface area contributed by atoms with Gasteiger partial charge in [0.15, 0.2) is 0 Å². The van der Waals surface area contributed by atoms with Gasteiger partial charge >= 0.3 is 0 Å². The molecule has 0 saturated carbocycles. The van der Waals surface area contributed by atoms with Crippen molar-refractivity contribution in [3.8, 4) is 0 Å². The molecule has 5 N–H and O–H groups in total. The lowest BCUT2D eigenvalue weighted by molar-refractivity contribution is 0.431. The zero-order valence-electron chi connectivity index (χ0n) is 8.90. The van der Waals surface area contributed by atoms with E-state index in [2.05, 4.69) is 0 Å². The number of aliphatic hydroxyl groups is 1. The van der Waals surface area contributed by atoms with Crippen molar-refractivity contribution in [2.24, 2.45) is 11.5 Å². The molecular weight excluding hydrogens is 176 g/mol. The van der Waals surface area contributed by atoms with Gasteiger partial charge in [-0.15, -0.1) is 0 Å². The summed E-state index contributed by atoms with van der Waals surface area (Å²) in [6.45, 7) is 4.19. The molecule has 80 valence electrons. The lowest BCUT2D eigenvalue weighted by atomic mass is 10.1. The molecule has 0 saturated heterocycles. The second-order valence-electron chi connectivity index (χ2n) is 3.11. The van der Waals surface area contributed by atoms with E-state index in [0.717, 1.165) is 12.0 Å². The Hall–Kier alpha value is -1.06. The molecule has 14 heavy (non-hydrogen) atoms. The molecule has 0 bridgehead atoms. The van der Waals surface area contributed by atoms with Gasteiger partial charge in [0.05, 0.1) is 0 Å². The topological polar surface area (TPSA) is 72.3 Å². The molecule has 1 atom stereocenters. The van der Waals surface area contributed by atoms with Crippen LogP contribution in [0.15, 0.2) is 35.6 Å². The fourth-order valence-electron chi connectivity index (χ4n) is 0.957. The summed E-state index contributed by atoms with van der Waals surface area (Å²) in [7, 11) is 0. The summed E-state index contributed by atoms with van der Waals surface area (Å²) in [5.74, 6) is 0.255. The third-order valence-corrected chi connectivity index (χ3v) is 1.94. The van der Waals surface area contributed by atoms with Crippen LogP contribution in [0.4, 0.5) is 0 Å². The first kappa shape index (κ1) is 12.9. The highest BCUT2D eigenvalue weighted by Crippen LogP contribution is 2.06. The monoisotopic (exact) mass is 196 g/mol. The highest BCUT2D eigenvalue weighted by atomic mass is 16.3. The van der Waals surface area contributed by atoms with Crippen LogP contribution in [0, 0.1) is 0 Å². The van der Waals surface area contributed by atoms with Crippen molar-refractivity contribution in [1.29, 1.82) is 0 Å². The Labute approximate surface area is 85.8 Å². The Bertz CT molecular complexity index is 242. The molecule has 0 radical (unpaired) electrons. The third kappa shape index (κ3) is 5.56. The summed E-state index contributed by atoms with van der Waals surface area (Å²) in [6.07, 6.45) is 7.84. The van der Waals surface area contributed by atoms with Crippen molar-refractivity contribution >= 4 is 0 Å². The minimum Gasteiger partial charge on any atom is -0.508 e. The number of nitrogens with two attached hydrogens (primary N) is 2. The maximum absolute atomic E-state index is 9.18. The van der Waals surface area contributed by atoms with Gasteiger partial charge in [-0.1, -0.05) is 17.7 Å². The van der Waals surface area contributed by atoms with E-state index in [4.69, 9.17) is 11.5 Å². The lowest BCUT2D eigenvalue weighted by Crippen LogP contribution is -2.29. The van der Waals surface area contributed by atoms with Crippen LogP contribution in [0.5, 0.6) is 0 Å². The summed E-state index contributed by atoms with van der Waals surface area (Å²) in [4.78, 5) is 0. The van der Waals surface area contributed by atoms with Gasteiger partial charge < -0.3 is 16.6 Å². The Kier molecular flexibility index (Phi) is 6.80. The van der Waals surface area contributed by atoms with Gasteiger partial charge in [0, 0.05) is 12.6 Å². The van der Waals surface area contributed by atoms with Crippen LogP contribution in [0.1, 0.15) is 20.3 Å². The van der Waals surface area contributed by atoms with Crippen molar-refractivity contribution in [2.45, 2.75) is 26.3 Å². The maximum Gasteiger partial charge on any atom is 0.111 e. The maximum atomic E-state index is 9.18. The van der Waals surface area contributed by atoms with Crippen molar-refractivity contribution in [3.63, 3.8) is 0 Å². The largest absolute Gasteiger partial charge is 0.508 e. The quantitative estimate of drug-likeness (QED) is 0.462. The van der Waals surface area contributed by atoms with Crippen LogP contribution >= 0.6 is 0 Å². The van der Waals surface area contributed by atoms with Crippen molar-refractivity contribution in [3.05, 3.63) is 35.6 Å². The molecule has 0 aromatic heterocycles. The number of allylic oxidation sites excluding steroid dienone is 4. The van der Waals surface area contributed by atoms with Gasteiger partial charge in [-0.2, -0.15) is 0 Å². The van der Waals surface area contributed by atoms with Gasteiger partial charge in [-0.25, -0.2) is 0 Å². The third-order valence-electron chi connectivity index (χ3n) is 1.94. The van der Waals surface area contributed by atoms with Gasteiger partial charge in [-0.3, -0.25) is 0 Å². The van der Waals surface area contributed by atoms with Crippen LogP contribution in [0.2, 0.25) is 0 Å². The molecule has 0 amide bonds.